The first-order chi connectivity index (χ1) is 8.72. The molecule has 0 aromatic rings. The Morgan fingerprint density at radius 3 is 2.22 bits per heavy atom. The zero-order valence-corrected chi connectivity index (χ0v) is 11.6. The fourth-order valence-electron chi connectivity index (χ4n) is 2.35. The third kappa shape index (κ3) is 6.84. The Bertz CT molecular complexity index is 266. The van der Waals surface area contributed by atoms with Crippen LogP contribution in [0.15, 0.2) is 0 Å². The van der Waals surface area contributed by atoms with Crippen molar-refractivity contribution in [2.45, 2.75) is 44.9 Å². The van der Waals surface area contributed by atoms with Crippen molar-refractivity contribution in [1.29, 1.82) is 0 Å². The number of carbonyl (C=O) groups is 2. The number of hydrogen-bond donors (Lipinski definition) is 2. The molecule has 0 bridgehead atoms. The summed E-state index contributed by atoms with van der Waals surface area (Å²) in [7, 11) is 0. The third-order valence-corrected chi connectivity index (χ3v) is 3.64. The highest BCUT2D eigenvalue weighted by molar-refractivity contribution is 6.27. The number of carbonyl (C=O) groups excluding carboxylic acids is 2. The molecule has 0 aliphatic heterocycles. The van der Waals surface area contributed by atoms with Crippen molar-refractivity contribution in [3.05, 3.63) is 0 Å². The largest absolute Gasteiger partial charge is 0.354 e. The van der Waals surface area contributed by atoms with E-state index in [9.17, 15) is 9.59 Å². The Morgan fingerprint density at radius 2 is 1.61 bits per heavy atom. The molecule has 4 nitrogen and oxygen atoms in total. The molecule has 0 atom stereocenters. The van der Waals surface area contributed by atoms with Crippen molar-refractivity contribution in [2.24, 2.45) is 5.92 Å². The van der Waals surface area contributed by atoms with Gasteiger partial charge in [-0.25, -0.2) is 0 Å². The van der Waals surface area contributed by atoms with Crippen LogP contribution in [0.1, 0.15) is 44.9 Å². The lowest BCUT2D eigenvalue weighted by Gasteiger charge is -2.20. The Kier molecular flexibility index (Phi) is 7.81. The zero-order valence-electron chi connectivity index (χ0n) is 10.8. The van der Waals surface area contributed by atoms with Gasteiger partial charge in [0.1, 0.15) is 5.88 Å². The monoisotopic (exact) mass is 274 g/mol. The molecule has 18 heavy (non-hydrogen) atoms. The molecule has 2 N–H and O–H groups in total. The van der Waals surface area contributed by atoms with Gasteiger partial charge in [-0.2, -0.15) is 0 Å². The van der Waals surface area contributed by atoms with Crippen LogP contribution in [-0.4, -0.2) is 30.8 Å². The first-order valence-electron chi connectivity index (χ1n) is 6.81. The zero-order chi connectivity index (χ0) is 13.2. The number of nitrogens with one attached hydrogen (secondary N) is 2. The smallest absolute Gasteiger partial charge is 0.234 e. The molecule has 1 fully saturated rings. The predicted octanol–water partition coefficient (Wildman–Crippen LogP) is 1.82. The second-order valence-corrected chi connectivity index (χ2v) is 5.14. The van der Waals surface area contributed by atoms with Crippen LogP contribution >= 0.6 is 11.6 Å². The summed E-state index contributed by atoms with van der Waals surface area (Å²) in [4.78, 5) is 22.4. The van der Waals surface area contributed by atoms with E-state index in [1.54, 1.807) is 0 Å². The number of rotatable bonds is 7. The van der Waals surface area contributed by atoms with Gasteiger partial charge in [0.25, 0.3) is 0 Å². The van der Waals surface area contributed by atoms with Crippen LogP contribution in [-0.2, 0) is 9.59 Å². The second-order valence-electron chi connectivity index (χ2n) is 4.88. The van der Waals surface area contributed by atoms with E-state index in [2.05, 4.69) is 10.6 Å². The molecule has 1 rings (SSSR count). The SMILES string of the molecule is O=C(CCl)NCCNC(=O)CCC1CCCCC1. The van der Waals surface area contributed by atoms with Crippen LogP contribution < -0.4 is 10.6 Å². The fourth-order valence-corrected chi connectivity index (χ4v) is 2.44. The molecule has 1 aliphatic rings. The van der Waals surface area contributed by atoms with Crippen LogP contribution in [0.2, 0.25) is 0 Å². The molecule has 1 saturated carbocycles. The van der Waals surface area contributed by atoms with E-state index >= 15 is 0 Å². The van der Waals surface area contributed by atoms with E-state index in [1.165, 1.54) is 32.1 Å². The van der Waals surface area contributed by atoms with E-state index < -0.39 is 0 Å². The molecule has 1 aliphatic carbocycles. The maximum absolute atomic E-state index is 11.6. The van der Waals surface area contributed by atoms with Gasteiger partial charge in [0.15, 0.2) is 0 Å². The highest BCUT2D eigenvalue weighted by Gasteiger charge is 2.14. The summed E-state index contributed by atoms with van der Waals surface area (Å²) in [5, 5.41) is 5.41. The normalized spacial score (nSPS) is 16.3. The molecule has 0 aromatic carbocycles. The summed E-state index contributed by atoms with van der Waals surface area (Å²) in [5.41, 5.74) is 0. The van der Waals surface area contributed by atoms with Crippen LogP contribution in [0.3, 0.4) is 0 Å². The molecule has 0 heterocycles. The average molecular weight is 275 g/mol. The summed E-state index contributed by atoms with van der Waals surface area (Å²) in [6, 6.07) is 0. The van der Waals surface area contributed by atoms with Crippen LogP contribution in [0.25, 0.3) is 0 Å². The minimum atomic E-state index is -0.201. The van der Waals surface area contributed by atoms with Gasteiger partial charge in [0.05, 0.1) is 0 Å². The van der Waals surface area contributed by atoms with Crippen LogP contribution in [0.4, 0.5) is 0 Å². The quantitative estimate of drug-likeness (QED) is 0.550. The average Bonchev–Trinajstić information content (AvgIpc) is 2.42. The summed E-state index contributed by atoms with van der Waals surface area (Å²) >= 11 is 5.33. The molecule has 0 saturated heterocycles. The summed E-state index contributed by atoms with van der Waals surface area (Å²) in [6.07, 6.45) is 8.14. The van der Waals surface area contributed by atoms with E-state index in [-0.39, 0.29) is 17.7 Å². The number of hydrogen-bond acceptors (Lipinski definition) is 2. The highest BCUT2D eigenvalue weighted by Crippen LogP contribution is 2.26. The minimum Gasteiger partial charge on any atom is -0.354 e. The molecule has 0 aromatic heterocycles. The van der Waals surface area contributed by atoms with Gasteiger partial charge in [0, 0.05) is 19.5 Å². The molecular weight excluding hydrogens is 252 g/mol. The van der Waals surface area contributed by atoms with Gasteiger partial charge in [-0.05, 0) is 12.3 Å². The molecule has 0 unspecified atom stereocenters. The Morgan fingerprint density at radius 1 is 1.00 bits per heavy atom. The summed E-state index contributed by atoms with van der Waals surface area (Å²) < 4.78 is 0. The van der Waals surface area contributed by atoms with Gasteiger partial charge >= 0.3 is 0 Å². The van der Waals surface area contributed by atoms with Gasteiger partial charge in [0.2, 0.25) is 11.8 Å². The molecule has 0 spiro atoms. The van der Waals surface area contributed by atoms with E-state index in [4.69, 9.17) is 11.6 Å². The van der Waals surface area contributed by atoms with Crippen LogP contribution in [0.5, 0.6) is 0 Å². The second kappa shape index (κ2) is 9.20. The van der Waals surface area contributed by atoms with Gasteiger partial charge < -0.3 is 10.6 Å². The number of amides is 2. The molecule has 104 valence electrons. The lowest BCUT2D eigenvalue weighted by molar-refractivity contribution is -0.122. The molecular formula is C13H23ClN2O2. The Labute approximate surface area is 114 Å². The first kappa shape index (κ1) is 15.3. The van der Waals surface area contributed by atoms with E-state index in [0.717, 1.165) is 12.3 Å². The Hall–Kier alpha value is -0.770. The van der Waals surface area contributed by atoms with Gasteiger partial charge in [-0.3, -0.25) is 9.59 Å². The van der Waals surface area contributed by atoms with Crippen LogP contribution in [0, 0.1) is 5.92 Å². The Balaban J connectivity index is 1.98. The summed E-state index contributed by atoms with van der Waals surface area (Å²) in [5.74, 6) is 0.588. The predicted molar refractivity (Wildman–Crippen MR) is 72.5 cm³/mol. The first-order valence-corrected chi connectivity index (χ1v) is 7.35. The maximum atomic E-state index is 11.6. The van der Waals surface area contributed by atoms with Crippen molar-refractivity contribution < 1.29 is 9.59 Å². The molecule has 2 amide bonds. The highest BCUT2D eigenvalue weighted by atomic mass is 35.5. The van der Waals surface area contributed by atoms with Crippen molar-refractivity contribution in [1.82, 2.24) is 10.6 Å². The van der Waals surface area contributed by atoms with Crippen molar-refractivity contribution in [3.8, 4) is 0 Å². The van der Waals surface area contributed by atoms with Crippen molar-refractivity contribution in [2.75, 3.05) is 19.0 Å². The number of halogens is 1. The van der Waals surface area contributed by atoms with E-state index in [0.29, 0.717) is 19.5 Å². The third-order valence-electron chi connectivity index (χ3n) is 3.40. The lowest BCUT2D eigenvalue weighted by atomic mass is 9.86. The molecule has 5 heteroatoms. The van der Waals surface area contributed by atoms with Gasteiger partial charge in [-0.1, -0.05) is 32.1 Å². The van der Waals surface area contributed by atoms with Gasteiger partial charge in [-0.15, -0.1) is 11.6 Å². The van der Waals surface area contributed by atoms with E-state index in [1.807, 2.05) is 0 Å². The minimum absolute atomic E-state index is 0.0321. The lowest BCUT2D eigenvalue weighted by Crippen LogP contribution is -2.35. The van der Waals surface area contributed by atoms with Crippen molar-refractivity contribution >= 4 is 23.4 Å². The topological polar surface area (TPSA) is 58.2 Å². The molecule has 0 radical (unpaired) electrons. The summed E-state index contributed by atoms with van der Waals surface area (Å²) in [6.45, 7) is 0.923. The maximum Gasteiger partial charge on any atom is 0.234 e. The van der Waals surface area contributed by atoms with Crippen molar-refractivity contribution in [3.63, 3.8) is 0 Å². The number of alkyl halides is 1. The fraction of sp³-hybridized carbons (Fsp3) is 0.846. The standard InChI is InChI=1S/C13H23ClN2O2/c14-10-13(18)16-9-8-15-12(17)7-6-11-4-2-1-3-5-11/h11H,1-10H2,(H,15,17)(H,16,18).